The topological polar surface area (TPSA) is 74.6 Å². The summed E-state index contributed by atoms with van der Waals surface area (Å²) in [4.78, 5) is 19.9. The van der Waals surface area contributed by atoms with Crippen molar-refractivity contribution in [3.63, 3.8) is 0 Å². The van der Waals surface area contributed by atoms with Crippen LogP contribution in [0, 0.1) is 0 Å². The van der Waals surface area contributed by atoms with Gasteiger partial charge in [-0.15, -0.1) is 11.6 Å². The van der Waals surface area contributed by atoms with E-state index in [1.165, 1.54) is 154 Å². The van der Waals surface area contributed by atoms with Crippen LogP contribution in [0.1, 0.15) is 201 Å². The Morgan fingerprint density at radius 1 is 0.436 bits per heavy atom. The number of rotatable bonds is 29. The van der Waals surface area contributed by atoms with Crippen LogP contribution in [0.4, 0.5) is 0 Å². The monoisotopic (exact) mass is 574 g/mol. The first-order chi connectivity index (χ1) is 18.8. The normalized spacial score (nSPS) is 11.3. The minimum absolute atomic E-state index is 0.0628. The summed E-state index contributed by atoms with van der Waals surface area (Å²) in [6.45, 7) is 6.90. The third kappa shape index (κ3) is 35.2. The lowest BCUT2D eigenvalue weighted by atomic mass is 9.88. The van der Waals surface area contributed by atoms with Crippen molar-refractivity contribution in [3.8, 4) is 0 Å². The molecule has 0 heterocycles. The third-order valence-electron chi connectivity index (χ3n) is 7.72. The molecular weight excluding hydrogens is 508 g/mol. The van der Waals surface area contributed by atoms with Crippen molar-refractivity contribution in [2.45, 2.75) is 205 Å². The molecule has 0 unspecified atom stereocenters. The Balaban J connectivity index is 0. The molecule has 0 bridgehead atoms. The first-order valence-electron chi connectivity index (χ1n) is 16.9. The van der Waals surface area contributed by atoms with Crippen molar-refractivity contribution in [3.05, 3.63) is 0 Å². The minimum atomic E-state index is -0.870. The fourth-order valence-electron chi connectivity index (χ4n) is 5.12. The van der Waals surface area contributed by atoms with Gasteiger partial charge in [0.1, 0.15) is 0 Å². The zero-order valence-electron chi connectivity index (χ0n) is 26.4. The summed E-state index contributed by atoms with van der Waals surface area (Å²) in [6, 6.07) is 0. The van der Waals surface area contributed by atoms with Crippen LogP contribution in [-0.2, 0) is 9.59 Å². The number of halogens is 1. The molecule has 0 aliphatic rings. The molecule has 0 aliphatic carbocycles. The van der Waals surface area contributed by atoms with E-state index < -0.39 is 11.9 Å². The molecule has 39 heavy (non-hydrogen) atoms. The summed E-state index contributed by atoms with van der Waals surface area (Å²) in [5, 5.41) is 16.3. The van der Waals surface area contributed by atoms with E-state index in [4.69, 9.17) is 21.8 Å². The number of carboxylic acid groups (broad SMARTS) is 2. The standard InChI is InChI=1S/C28H57Cl.C6H10O4/c1-4-7-10-13-16-17-18-21-24-27-28(29,25-22-19-14-11-8-5-2)26-23-20-15-12-9-6-3;7-5(8)3-1-2-4-6(9)10/h4-27H2,1-3H3;1-4H2,(H,7,8)(H,9,10). The molecule has 2 N–H and O–H groups in total. The molecule has 0 aromatic heterocycles. The summed E-state index contributed by atoms with van der Waals surface area (Å²) in [5.41, 5.74) is 0. The maximum absolute atomic E-state index is 9.90. The number of aliphatic carboxylic acids is 2. The molecule has 0 fully saturated rings. The predicted molar refractivity (Wildman–Crippen MR) is 170 cm³/mol. The van der Waals surface area contributed by atoms with Gasteiger partial charge >= 0.3 is 11.9 Å². The molecule has 0 rings (SSSR count). The highest BCUT2D eigenvalue weighted by atomic mass is 35.5. The molecule has 0 aliphatic heterocycles. The molecule has 0 spiro atoms. The molecule has 0 amide bonds. The third-order valence-corrected chi connectivity index (χ3v) is 8.28. The van der Waals surface area contributed by atoms with Gasteiger partial charge in [0.2, 0.25) is 0 Å². The van der Waals surface area contributed by atoms with Gasteiger partial charge in [0.15, 0.2) is 0 Å². The Morgan fingerprint density at radius 2 is 0.667 bits per heavy atom. The summed E-state index contributed by atoms with van der Waals surface area (Å²) in [6.07, 6.45) is 34.2. The predicted octanol–water partition coefficient (Wildman–Crippen LogP) is 12.1. The highest BCUT2D eigenvalue weighted by Crippen LogP contribution is 2.35. The van der Waals surface area contributed by atoms with Gasteiger partial charge in [-0.05, 0) is 32.1 Å². The van der Waals surface area contributed by atoms with Gasteiger partial charge in [0.05, 0.1) is 0 Å². The lowest BCUT2D eigenvalue weighted by Gasteiger charge is -2.27. The number of hydrogen-bond donors (Lipinski definition) is 2. The van der Waals surface area contributed by atoms with Crippen LogP contribution in [0.15, 0.2) is 0 Å². The van der Waals surface area contributed by atoms with Crippen molar-refractivity contribution in [2.24, 2.45) is 0 Å². The van der Waals surface area contributed by atoms with E-state index in [1.54, 1.807) is 0 Å². The molecule has 0 aromatic rings. The molecular formula is C34H67ClO4. The quantitative estimate of drug-likeness (QED) is 0.0687. The number of carboxylic acids is 2. The van der Waals surface area contributed by atoms with Crippen molar-refractivity contribution in [1.29, 1.82) is 0 Å². The molecule has 4 nitrogen and oxygen atoms in total. The highest BCUT2D eigenvalue weighted by molar-refractivity contribution is 6.23. The van der Waals surface area contributed by atoms with Crippen molar-refractivity contribution < 1.29 is 19.8 Å². The molecule has 0 radical (unpaired) electrons. The maximum atomic E-state index is 9.90. The van der Waals surface area contributed by atoms with Crippen LogP contribution >= 0.6 is 11.6 Å². The van der Waals surface area contributed by atoms with Gasteiger partial charge < -0.3 is 10.2 Å². The van der Waals surface area contributed by atoms with Crippen molar-refractivity contribution in [1.82, 2.24) is 0 Å². The minimum Gasteiger partial charge on any atom is -0.481 e. The zero-order valence-corrected chi connectivity index (χ0v) is 27.1. The maximum Gasteiger partial charge on any atom is 0.303 e. The fraction of sp³-hybridized carbons (Fsp3) is 0.941. The van der Waals surface area contributed by atoms with E-state index in [2.05, 4.69) is 20.8 Å². The molecule has 0 aromatic carbocycles. The number of hydrogen-bond acceptors (Lipinski definition) is 2. The second-order valence-electron chi connectivity index (χ2n) is 11.8. The molecule has 0 saturated carbocycles. The van der Waals surface area contributed by atoms with Crippen LogP contribution in [0.5, 0.6) is 0 Å². The largest absolute Gasteiger partial charge is 0.481 e. The van der Waals surface area contributed by atoms with Crippen molar-refractivity contribution in [2.75, 3.05) is 0 Å². The second kappa shape index (κ2) is 31.8. The van der Waals surface area contributed by atoms with Gasteiger partial charge in [-0.25, -0.2) is 0 Å². The second-order valence-corrected chi connectivity index (χ2v) is 12.6. The average Bonchev–Trinajstić information content (AvgIpc) is 2.90. The highest BCUT2D eigenvalue weighted by Gasteiger charge is 2.25. The van der Waals surface area contributed by atoms with Crippen LogP contribution in [0.2, 0.25) is 0 Å². The van der Waals surface area contributed by atoms with Crippen LogP contribution in [-0.4, -0.2) is 27.0 Å². The van der Waals surface area contributed by atoms with E-state index in [1.807, 2.05) is 0 Å². The molecule has 5 heteroatoms. The number of alkyl halides is 1. The van der Waals surface area contributed by atoms with Gasteiger partial charge in [-0.1, -0.05) is 156 Å². The first kappa shape index (κ1) is 40.4. The van der Waals surface area contributed by atoms with Gasteiger partial charge in [-0.2, -0.15) is 0 Å². The zero-order chi connectivity index (χ0) is 29.5. The Bertz CT molecular complexity index is 491. The van der Waals surface area contributed by atoms with Crippen LogP contribution in [0.3, 0.4) is 0 Å². The summed E-state index contributed by atoms with van der Waals surface area (Å²) in [5.74, 6) is -1.74. The summed E-state index contributed by atoms with van der Waals surface area (Å²) < 4.78 is 0. The van der Waals surface area contributed by atoms with E-state index in [0.29, 0.717) is 12.8 Å². The first-order valence-corrected chi connectivity index (χ1v) is 17.3. The Kier molecular flexibility index (Phi) is 32.9. The average molecular weight is 575 g/mol. The van der Waals surface area contributed by atoms with Crippen LogP contribution in [0.25, 0.3) is 0 Å². The van der Waals surface area contributed by atoms with Gasteiger partial charge in [0, 0.05) is 17.7 Å². The Hall–Kier alpha value is -0.770. The van der Waals surface area contributed by atoms with Gasteiger partial charge in [0.25, 0.3) is 0 Å². The Morgan fingerprint density at radius 3 is 0.897 bits per heavy atom. The lowest BCUT2D eigenvalue weighted by molar-refractivity contribution is -0.139. The van der Waals surface area contributed by atoms with Crippen molar-refractivity contribution >= 4 is 23.5 Å². The molecule has 234 valence electrons. The van der Waals surface area contributed by atoms with E-state index >= 15 is 0 Å². The lowest BCUT2D eigenvalue weighted by Crippen LogP contribution is -2.21. The summed E-state index contributed by atoms with van der Waals surface area (Å²) >= 11 is 7.22. The Labute approximate surface area is 248 Å². The number of unbranched alkanes of at least 4 members (excludes halogenated alkanes) is 19. The smallest absolute Gasteiger partial charge is 0.303 e. The fourth-order valence-corrected chi connectivity index (χ4v) is 5.53. The SMILES string of the molecule is CCCCCCCCCCCC(Cl)(CCCCCCCC)CCCCCCCC.O=C(O)CCCCC(=O)O. The van der Waals surface area contributed by atoms with E-state index in [9.17, 15) is 9.59 Å². The van der Waals surface area contributed by atoms with Crippen LogP contribution < -0.4 is 0 Å². The van der Waals surface area contributed by atoms with E-state index in [0.717, 1.165) is 0 Å². The molecule has 0 saturated heterocycles. The van der Waals surface area contributed by atoms with E-state index in [-0.39, 0.29) is 17.7 Å². The number of carbonyl (C=O) groups is 2. The summed E-state index contributed by atoms with van der Waals surface area (Å²) in [7, 11) is 0. The molecule has 0 atom stereocenters. The van der Waals surface area contributed by atoms with Gasteiger partial charge in [-0.3, -0.25) is 9.59 Å².